The number of unbranched alkanes of at least 4 members (excludes halogenated alkanes) is 32. The van der Waals surface area contributed by atoms with Crippen molar-refractivity contribution in [2.75, 3.05) is 6.61 Å². The third kappa shape index (κ3) is 46.4. The molecule has 0 fully saturated rings. The smallest absolute Gasteiger partial charge is 0.306 e. The highest BCUT2D eigenvalue weighted by molar-refractivity contribution is 5.77. The van der Waals surface area contributed by atoms with E-state index in [0.717, 1.165) is 77.0 Å². The van der Waals surface area contributed by atoms with Crippen LogP contribution in [-0.2, 0) is 14.3 Å². The zero-order valence-corrected chi connectivity index (χ0v) is 42.2. The quantitative estimate of drug-likeness (QED) is 0.0321. The fourth-order valence-corrected chi connectivity index (χ4v) is 8.56. The SMILES string of the molecule is CC/C=C/C/C=C/C/C=C/CCCCC(CC(=O)NC(CO)C(O)CCCCCCCCCCCCCCCC)OC(=O)CCCCCCCCCCCCCCCCCCCC. The average Bonchev–Trinajstić information content (AvgIpc) is 3.28. The second-order valence-electron chi connectivity index (χ2n) is 19.0. The normalized spacial score (nSPS) is 13.4. The Morgan fingerprint density at radius 1 is 0.476 bits per heavy atom. The maximum Gasteiger partial charge on any atom is 0.306 e. The minimum Gasteiger partial charge on any atom is -0.462 e. The molecular formula is C57H107NO5. The van der Waals surface area contributed by atoms with E-state index in [1.165, 1.54) is 167 Å². The highest BCUT2D eigenvalue weighted by Crippen LogP contribution is 2.18. The van der Waals surface area contributed by atoms with Gasteiger partial charge in [-0.15, -0.1) is 0 Å². The van der Waals surface area contributed by atoms with Crippen LogP contribution in [0.5, 0.6) is 0 Å². The number of aliphatic hydroxyl groups is 2. The fourth-order valence-electron chi connectivity index (χ4n) is 8.56. The van der Waals surface area contributed by atoms with Crippen molar-refractivity contribution >= 4 is 11.9 Å². The summed E-state index contributed by atoms with van der Waals surface area (Å²) in [5.41, 5.74) is 0. The van der Waals surface area contributed by atoms with Crippen molar-refractivity contribution in [3.8, 4) is 0 Å². The molecule has 3 N–H and O–H groups in total. The number of carbonyl (C=O) groups is 2. The maximum atomic E-state index is 13.2. The summed E-state index contributed by atoms with van der Waals surface area (Å²) >= 11 is 0. The van der Waals surface area contributed by atoms with Gasteiger partial charge in [-0.25, -0.2) is 0 Å². The summed E-state index contributed by atoms with van der Waals surface area (Å²) in [6.45, 7) is 6.39. The lowest BCUT2D eigenvalue weighted by Crippen LogP contribution is -2.46. The summed E-state index contributed by atoms with van der Waals surface area (Å²) in [5, 5.41) is 23.8. The Morgan fingerprint density at radius 3 is 1.29 bits per heavy atom. The van der Waals surface area contributed by atoms with E-state index in [9.17, 15) is 19.8 Å². The molecule has 3 unspecified atom stereocenters. The Labute approximate surface area is 392 Å². The van der Waals surface area contributed by atoms with Crippen LogP contribution in [0.4, 0.5) is 0 Å². The number of amides is 1. The van der Waals surface area contributed by atoms with E-state index in [0.29, 0.717) is 19.3 Å². The van der Waals surface area contributed by atoms with Crippen LogP contribution < -0.4 is 5.32 Å². The molecule has 0 rings (SSSR count). The molecule has 0 aliphatic carbocycles. The lowest BCUT2D eigenvalue weighted by atomic mass is 10.0. The molecule has 6 heteroatoms. The van der Waals surface area contributed by atoms with Crippen molar-refractivity contribution < 1.29 is 24.5 Å². The number of aliphatic hydroxyl groups excluding tert-OH is 2. The minimum absolute atomic E-state index is 0.0556. The number of rotatable bonds is 50. The summed E-state index contributed by atoms with van der Waals surface area (Å²) in [5.74, 6) is -0.498. The highest BCUT2D eigenvalue weighted by Gasteiger charge is 2.24. The van der Waals surface area contributed by atoms with E-state index in [-0.39, 0.29) is 24.9 Å². The average molecular weight is 886 g/mol. The fraction of sp³-hybridized carbons (Fsp3) is 0.860. The van der Waals surface area contributed by atoms with Gasteiger partial charge in [0.2, 0.25) is 5.91 Å². The van der Waals surface area contributed by atoms with E-state index in [1.807, 2.05) is 0 Å². The van der Waals surface area contributed by atoms with Gasteiger partial charge in [0.1, 0.15) is 6.10 Å². The third-order valence-electron chi connectivity index (χ3n) is 12.7. The topological polar surface area (TPSA) is 95.9 Å². The second kappa shape index (κ2) is 51.1. The number of hydrogen-bond acceptors (Lipinski definition) is 5. The first-order chi connectivity index (χ1) is 31.0. The molecule has 0 aliphatic heterocycles. The van der Waals surface area contributed by atoms with Crippen molar-refractivity contribution in [2.24, 2.45) is 0 Å². The van der Waals surface area contributed by atoms with Crippen LogP contribution in [-0.4, -0.2) is 46.9 Å². The van der Waals surface area contributed by atoms with E-state index in [4.69, 9.17) is 4.74 Å². The maximum absolute atomic E-state index is 13.2. The van der Waals surface area contributed by atoms with E-state index < -0.39 is 18.2 Å². The van der Waals surface area contributed by atoms with Gasteiger partial charge in [-0.2, -0.15) is 0 Å². The Balaban J connectivity index is 4.50. The Bertz CT molecular complexity index is 1040. The molecule has 0 aliphatic rings. The van der Waals surface area contributed by atoms with Crippen LogP contribution in [0, 0.1) is 0 Å². The molecule has 370 valence electrons. The van der Waals surface area contributed by atoms with Gasteiger partial charge in [0, 0.05) is 6.42 Å². The highest BCUT2D eigenvalue weighted by atomic mass is 16.5. The molecule has 6 nitrogen and oxygen atoms in total. The van der Waals surface area contributed by atoms with E-state index >= 15 is 0 Å². The molecule has 0 heterocycles. The molecule has 0 saturated carbocycles. The van der Waals surface area contributed by atoms with Crippen LogP contribution in [0.1, 0.15) is 290 Å². The summed E-state index contributed by atoms with van der Waals surface area (Å²) in [7, 11) is 0. The number of hydrogen-bond donors (Lipinski definition) is 3. The van der Waals surface area contributed by atoms with Gasteiger partial charge >= 0.3 is 5.97 Å². The predicted octanol–water partition coefficient (Wildman–Crippen LogP) is 16.8. The Kier molecular flexibility index (Phi) is 49.5. The largest absolute Gasteiger partial charge is 0.462 e. The lowest BCUT2D eigenvalue weighted by molar-refractivity contribution is -0.151. The Hall–Kier alpha value is -1.92. The molecule has 1 amide bonds. The van der Waals surface area contributed by atoms with Crippen molar-refractivity contribution in [3.63, 3.8) is 0 Å². The summed E-state index contributed by atoms with van der Waals surface area (Å²) in [6, 6.07) is -0.711. The van der Waals surface area contributed by atoms with Crippen molar-refractivity contribution in [1.82, 2.24) is 5.32 Å². The second-order valence-corrected chi connectivity index (χ2v) is 19.0. The van der Waals surface area contributed by atoms with Gasteiger partial charge in [0.15, 0.2) is 0 Å². The van der Waals surface area contributed by atoms with Crippen LogP contribution in [0.2, 0.25) is 0 Å². The zero-order chi connectivity index (χ0) is 45.9. The predicted molar refractivity (Wildman–Crippen MR) is 273 cm³/mol. The van der Waals surface area contributed by atoms with Crippen molar-refractivity contribution in [1.29, 1.82) is 0 Å². The Morgan fingerprint density at radius 2 is 0.857 bits per heavy atom. The summed E-state index contributed by atoms with van der Waals surface area (Å²) < 4.78 is 5.93. The molecule has 0 aromatic carbocycles. The third-order valence-corrected chi connectivity index (χ3v) is 12.7. The minimum atomic E-state index is -0.795. The van der Waals surface area contributed by atoms with Gasteiger partial charge in [-0.05, 0) is 57.8 Å². The molecule has 3 atom stereocenters. The number of ether oxygens (including phenoxy) is 1. The monoisotopic (exact) mass is 886 g/mol. The summed E-state index contributed by atoms with van der Waals surface area (Å²) in [6.07, 6.45) is 60.7. The van der Waals surface area contributed by atoms with Crippen molar-refractivity contribution in [3.05, 3.63) is 36.5 Å². The number of nitrogens with one attached hydrogen (secondary N) is 1. The number of allylic oxidation sites excluding steroid dienone is 6. The first kappa shape index (κ1) is 61.1. The zero-order valence-electron chi connectivity index (χ0n) is 42.2. The molecule has 0 aromatic heterocycles. The van der Waals surface area contributed by atoms with Gasteiger partial charge in [-0.1, -0.05) is 256 Å². The molecule has 0 radical (unpaired) electrons. The van der Waals surface area contributed by atoms with Crippen molar-refractivity contribution in [2.45, 2.75) is 309 Å². The van der Waals surface area contributed by atoms with Gasteiger partial charge in [0.25, 0.3) is 0 Å². The van der Waals surface area contributed by atoms with Crippen LogP contribution >= 0.6 is 0 Å². The molecule has 0 saturated heterocycles. The molecule has 0 bridgehead atoms. The first-order valence-electron chi connectivity index (χ1n) is 27.7. The first-order valence-corrected chi connectivity index (χ1v) is 27.7. The lowest BCUT2D eigenvalue weighted by Gasteiger charge is -2.24. The molecule has 0 spiro atoms. The van der Waals surface area contributed by atoms with Gasteiger partial charge in [-0.3, -0.25) is 9.59 Å². The molecule has 63 heavy (non-hydrogen) atoms. The number of esters is 1. The van der Waals surface area contributed by atoms with E-state index in [2.05, 4.69) is 62.5 Å². The van der Waals surface area contributed by atoms with Gasteiger partial charge < -0.3 is 20.3 Å². The summed E-state index contributed by atoms with van der Waals surface area (Å²) in [4.78, 5) is 26.2. The van der Waals surface area contributed by atoms with Crippen LogP contribution in [0.3, 0.4) is 0 Å². The standard InChI is InChI=1S/C57H107NO5/c1-4-7-10-13-16-19-22-25-27-28-29-30-32-35-38-41-44-47-50-57(62)63-53(48-45-42-39-36-33-24-21-18-15-12-9-6-3)51-56(61)58-54(52-59)55(60)49-46-43-40-37-34-31-26-23-20-17-14-11-8-5-2/h9,12,18,21,33,36,53-55,59-60H,4-8,10-11,13-17,19-20,22-32,34-35,37-52H2,1-3H3,(H,58,61)/b12-9+,21-18+,36-33+. The molecular weight excluding hydrogens is 779 g/mol. The molecule has 0 aromatic rings. The van der Waals surface area contributed by atoms with E-state index in [1.54, 1.807) is 0 Å². The van der Waals surface area contributed by atoms with Gasteiger partial charge in [0.05, 0.1) is 25.2 Å². The number of carbonyl (C=O) groups excluding carboxylic acids is 2. The van der Waals surface area contributed by atoms with Crippen LogP contribution in [0.15, 0.2) is 36.5 Å². The van der Waals surface area contributed by atoms with Crippen LogP contribution in [0.25, 0.3) is 0 Å².